The Morgan fingerprint density at radius 3 is 2.00 bits per heavy atom. The van der Waals surface area contributed by atoms with Crippen molar-refractivity contribution in [2.75, 3.05) is 0 Å². The Labute approximate surface area is 196 Å². The number of carbonyl (C=O) groups is 1. The van der Waals surface area contributed by atoms with E-state index in [-0.39, 0.29) is 12.6 Å². The fourth-order valence-corrected chi connectivity index (χ4v) is 5.37. The van der Waals surface area contributed by atoms with E-state index < -0.39 is 0 Å². The van der Waals surface area contributed by atoms with Crippen molar-refractivity contribution in [3.05, 3.63) is 29.3 Å². The topological polar surface area (TPSA) is 17.1 Å². The smallest absolute Gasteiger partial charge is 0.193 e. The summed E-state index contributed by atoms with van der Waals surface area (Å²) < 4.78 is 0.149. The summed E-state index contributed by atoms with van der Waals surface area (Å²) in [4.78, 5) is 13.4. The number of hydrogen-bond donors (Lipinski definition) is 0. The highest BCUT2D eigenvalue weighted by Gasteiger charge is 2.15. The maximum atomic E-state index is 12.4. The maximum Gasteiger partial charge on any atom is 0.193 e. The summed E-state index contributed by atoms with van der Waals surface area (Å²) in [6.45, 7) is 2.25. The van der Waals surface area contributed by atoms with Gasteiger partial charge in [-0.05, 0) is 23.6 Å². The first-order valence-electron chi connectivity index (χ1n) is 9.36. The van der Waals surface area contributed by atoms with Gasteiger partial charge in [0.1, 0.15) is 0 Å². The van der Waals surface area contributed by atoms with E-state index in [1.807, 2.05) is 0 Å². The molecule has 148 valence electrons. The van der Waals surface area contributed by atoms with Crippen molar-refractivity contribution in [1.29, 1.82) is 0 Å². The van der Waals surface area contributed by atoms with Gasteiger partial charge in [-0.2, -0.15) is 0 Å². The van der Waals surface area contributed by atoms with Gasteiger partial charge in [0.25, 0.3) is 0 Å². The minimum Gasteiger partial charge on any atom is -0.287 e. The summed E-state index contributed by atoms with van der Waals surface area (Å²) >= 11 is 15.5. The zero-order valence-electron chi connectivity index (χ0n) is 15.3. The fourth-order valence-electron chi connectivity index (χ4n) is 2.71. The van der Waals surface area contributed by atoms with Crippen molar-refractivity contribution in [2.24, 2.45) is 0 Å². The minimum atomic E-state index is 0.0520. The fraction of sp³-hybridized carbons (Fsp3) is 0.650. The van der Waals surface area contributed by atoms with Crippen molar-refractivity contribution < 1.29 is 4.79 Å². The van der Waals surface area contributed by atoms with Gasteiger partial charge in [-0.25, -0.2) is 0 Å². The summed E-state index contributed by atoms with van der Waals surface area (Å²) in [6, 6.07) is 6.21. The summed E-state index contributed by atoms with van der Waals surface area (Å²) in [5.74, 6) is 0. The van der Waals surface area contributed by atoms with E-state index in [2.05, 4.69) is 88.8 Å². The predicted molar refractivity (Wildman–Crippen MR) is 130 cm³/mol. The van der Waals surface area contributed by atoms with Gasteiger partial charge in [0.2, 0.25) is 0 Å². The van der Waals surface area contributed by atoms with Gasteiger partial charge >= 0.3 is 0 Å². The molecule has 0 radical (unpaired) electrons. The van der Waals surface area contributed by atoms with E-state index in [4.69, 9.17) is 0 Å². The van der Waals surface area contributed by atoms with Crippen LogP contribution in [0.3, 0.4) is 0 Å². The van der Waals surface area contributed by atoms with Gasteiger partial charge in [-0.15, -0.1) is 0 Å². The normalized spacial score (nSPS) is 11.5. The molecule has 0 N–H and O–H groups in total. The second kappa shape index (κ2) is 15.1. The Kier molecular flexibility index (Phi) is 14.6. The monoisotopic (exact) mass is 632 g/mol. The Morgan fingerprint density at radius 1 is 0.885 bits per heavy atom. The van der Waals surface area contributed by atoms with Crippen LogP contribution in [0, 0.1) is 0 Å². The molecule has 0 atom stereocenters. The molecule has 6 heteroatoms. The molecule has 0 fully saturated rings. The van der Waals surface area contributed by atoms with Gasteiger partial charge in [0.15, 0.2) is 5.12 Å². The van der Waals surface area contributed by atoms with Crippen molar-refractivity contribution in [3.63, 3.8) is 0 Å². The van der Waals surface area contributed by atoms with E-state index in [0.717, 1.165) is 28.9 Å². The molecule has 0 amide bonds. The van der Waals surface area contributed by atoms with Gasteiger partial charge in [-0.1, -0.05) is 146 Å². The molecule has 0 heterocycles. The van der Waals surface area contributed by atoms with E-state index in [1.54, 1.807) is 0 Å². The first-order valence-corrected chi connectivity index (χ1v) is 13.8. The SMILES string of the molecule is CCCCCCCCCCCC(=O)Sc1cc(C(Br)Br)ccc1C(Br)Br. The lowest BCUT2D eigenvalue weighted by Gasteiger charge is -2.12. The second-order valence-electron chi connectivity index (χ2n) is 6.45. The minimum absolute atomic E-state index is 0.0520. The number of thioether (sulfide) groups is 1. The van der Waals surface area contributed by atoms with Gasteiger partial charge in [0, 0.05) is 11.3 Å². The number of rotatable bonds is 13. The lowest BCUT2D eigenvalue weighted by Crippen LogP contribution is -1.96. The van der Waals surface area contributed by atoms with Crippen LogP contribution in [0.2, 0.25) is 0 Å². The van der Waals surface area contributed by atoms with Gasteiger partial charge in [-0.3, -0.25) is 4.79 Å². The van der Waals surface area contributed by atoms with Crippen molar-refractivity contribution in [2.45, 2.75) is 83.5 Å². The van der Waals surface area contributed by atoms with Crippen LogP contribution in [0.15, 0.2) is 23.1 Å². The number of alkyl halides is 4. The standard InChI is InChI=1S/C20H28Br4OS/c1-2-3-4-5-6-7-8-9-10-11-18(25)26-17-14-15(19(21)22)12-13-16(17)20(23)24/h12-14,19-20H,2-11H2,1H3. The molecule has 1 aromatic rings. The molecule has 0 saturated heterocycles. The number of carbonyl (C=O) groups excluding carboxylic acids is 1. The van der Waals surface area contributed by atoms with Crippen LogP contribution in [0.25, 0.3) is 0 Å². The van der Waals surface area contributed by atoms with Gasteiger partial charge in [0.05, 0.1) is 7.47 Å². The largest absolute Gasteiger partial charge is 0.287 e. The molecule has 0 spiro atoms. The van der Waals surface area contributed by atoms with Crippen LogP contribution in [0.4, 0.5) is 0 Å². The molecule has 1 rings (SSSR count). The van der Waals surface area contributed by atoms with E-state index in [1.165, 1.54) is 56.7 Å². The third-order valence-corrected chi connectivity index (χ3v) is 7.28. The van der Waals surface area contributed by atoms with Crippen molar-refractivity contribution in [1.82, 2.24) is 0 Å². The van der Waals surface area contributed by atoms with Crippen LogP contribution in [-0.2, 0) is 4.79 Å². The summed E-state index contributed by atoms with van der Waals surface area (Å²) in [5.41, 5.74) is 2.22. The lowest BCUT2D eigenvalue weighted by atomic mass is 10.1. The molecule has 0 aromatic heterocycles. The highest BCUT2D eigenvalue weighted by Crippen LogP contribution is 2.40. The molecule has 0 bridgehead atoms. The molecular weight excluding hydrogens is 608 g/mol. The van der Waals surface area contributed by atoms with E-state index >= 15 is 0 Å². The number of hydrogen-bond acceptors (Lipinski definition) is 2. The van der Waals surface area contributed by atoms with Crippen LogP contribution < -0.4 is 0 Å². The molecule has 26 heavy (non-hydrogen) atoms. The summed E-state index contributed by atoms with van der Waals surface area (Å²) in [7, 11) is 0. The predicted octanol–water partition coefficient (Wildman–Crippen LogP) is 9.80. The van der Waals surface area contributed by atoms with Crippen LogP contribution in [0.1, 0.15) is 89.7 Å². The average Bonchev–Trinajstić information content (AvgIpc) is 2.60. The molecule has 0 aliphatic carbocycles. The van der Waals surface area contributed by atoms with Crippen LogP contribution in [-0.4, -0.2) is 5.12 Å². The molecule has 0 unspecified atom stereocenters. The highest BCUT2D eigenvalue weighted by molar-refractivity contribution is 9.24. The molecule has 0 saturated carbocycles. The number of unbranched alkanes of at least 4 members (excludes halogenated alkanes) is 8. The number of halogens is 4. The highest BCUT2D eigenvalue weighted by atomic mass is 79.9. The van der Waals surface area contributed by atoms with Crippen molar-refractivity contribution in [3.8, 4) is 0 Å². The average molecular weight is 636 g/mol. The molecule has 0 aliphatic heterocycles. The third-order valence-electron chi connectivity index (χ3n) is 4.23. The first-order chi connectivity index (χ1) is 12.5. The Hall–Kier alpha value is 1.16. The first kappa shape index (κ1) is 25.2. The molecule has 0 aliphatic rings. The van der Waals surface area contributed by atoms with E-state index in [0.29, 0.717) is 6.42 Å². The Bertz CT molecular complexity index is 535. The van der Waals surface area contributed by atoms with Crippen LogP contribution in [0.5, 0.6) is 0 Å². The lowest BCUT2D eigenvalue weighted by molar-refractivity contribution is -0.111. The zero-order chi connectivity index (χ0) is 19.4. The molecular formula is C20H28Br4OS. The Morgan fingerprint density at radius 2 is 1.46 bits per heavy atom. The van der Waals surface area contributed by atoms with Gasteiger partial charge < -0.3 is 0 Å². The summed E-state index contributed by atoms with van der Waals surface area (Å²) in [6.07, 6.45) is 12.1. The van der Waals surface area contributed by atoms with Crippen LogP contribution >= 0.6 is 75.5 Å². The second-order valence-corrected chi connectivity index (χ2v) is 13.7. The number of benzene rings is 1. The van der Waals surface area contributed by atoms with E-state index in [9.17, 15) is 4.79 Å². The molecule has 1 nitrogen and oxygen atoms in total. The third kappa shape index (κ3) is 10.6. The summed E-state index contributed by atoms with van der Waals surface area (Å²) in [5, 5.41) is 0.257. The van der Waals surface area contributed by atoms with Crippen molar-refractivity contribution >= 4 is 80.6 Å². The zero-order valence-corrected chi connectivity index (χ0v) is 22.4. The Balaban J connectivity index is 2.35. The molecule has 1 aromatic carbocycles. The quantitative estimate of drug-likeness (QED) is 0.122. The maximum absolute atomic E-state index is 12.4.